The van der Waals surface area contributed by atoms with Gasteiger partial charge in [-0.15, -0.1) is 12.4 Å². The first kappa shape index (κ1) is 22.0. The largest absolute Gasteiger partial charge is 0.493 e. The van der Waals surface area contributed by atoms with E-state index in [4.69, 9.17) is 10.5 Å². The van der Waals surface area contributed by atoms with Crippen molar-refractivity contribution < 1.29 is 9.53 Å². The topological polar surface area (TPSA) is 64.3 Å². The molecular formula is C21H29ClN2O2. The summed E-state index contributed by atoms with van der Waals surface area (Å²) in [5.41, 5.74) is 8.22. The van der Waals surface area contributed by atoms with Crippen molar-refractivity contribution >= 4 is 18.3 Å². The van der Waals surface area contributed by atoms with Crippen LogP contribution in [0.3, 0.4) is 0 Å². The first-order valence-electron chi connectivity index (χ1n) is 8.83. The summed E-state index contributed by atoms with van der Waals surface area (Å²) >= 11 is 0. The second-order valence-corrected chi connectivity index (χ2v) is 6.67. The third-order valence-electron chi connectivity index (χ3n) is 3.88. The van der Waals surface area contributed by atoms with E-state index in [0.29, 0.717) is 18.9 Å². The molecule has 1 amide bonds. The van der Waals surface area contributed by atoms with E-state index in [0.717, 1.165) is 24.3 Å². The van der Waals surface area contributed by atoms with Crippen molar-refractivity contribution in [2.24, 2.45) is 11.7 Å². The van der Waals surface area contributed by atoms with E-state index in [1.54, 1.807) is 0 Å². The lowest BCUT2D eigenvalue weighted by atomic mass is 10.0. The van der Waals surface area contributed by atoms with Crippen molar-refractivity contribution in [1.82, 2.24) is 5.32 Å². The highest BCUT2D eigenvalue weighted by atomic mass is 35.5. The molecule has 0 fully saturated rings. The molecule has 1 unspecified atom stereocenters. The number of hydrogen-bond donors (Lipinski definition) is 2. The second-order valence-electron chi connectivity index (χ2n) is 6.67. The molecule has 4 nitrogen and oxygen atoms in total. The SMILES string of the molecule is CC(C)COc1ccc(CCNC(=O)CC(N)c2ccccc2)cc1.Cl. The van der Waals surface area contributed by atoms with Crippen LogP contribution in [0.1, 0.15) is 37.4 Å². The van der Waals surface area contributed by atoms with Gasteiger partial charge in [0.05, 0.1) is 6.61 Å². The van der Waals surface area contributed by atoms with Gasteiger partial charge in [0.15, 0.2) is 0 Å². The van der Waals surface area contributed by atoms with Crippen molar-refractivity contribution in [3.8, 4) is 5.75 Å². The molecule has 2 aromatic carbocycles. The molecule has 2 aromatic rings. The highest BCUT2D eigenvalue weighted by Gasteiger charge is 2.10. The maximum absolute atomic E-state index is 12.0. The molecule has 0 aliphatic heterocycles. The second kappa shape index (κ2) is 11.6. The molecule has 0 saturated carbocycles. The van der Waals surface area contributed by atoms with E-state index < -0.39 is 0 Å². The van der Waals surface area contributed by atoms with E-state index in [1.165, 1.54) is 5.56 Å². The first-order chi connectivity index (χ1) is 12.0. The van der Waals surface area contributed by atoms with Crippen LogP contribution in [0, 0.1) is 5.92 Å². The van der Waals surface area contributed by atoms with E-state index in [9.17, 15) is 4.79 Å². The Morgan fingerprint density at radius 1 is 1.08 bits per heavy atom. The minimum atomic E-state index is -0.265. The number of nitrogens with one attached hydrogen (secondary N) is 1. The summed E-state index contributed by atoms with van der Waals surface area (Å²) in [6.07, 6.45) is 1.09. The summed E-state index contributed by atoms with van der Waals surface area (Å²) in [4.78, 5) is 12.0. The smallest absolute Gasteiger partial charge is 0.221 e. The average molecular weight is 377 g/mol. The fourth-order valence-corrected chi connectivity index (χ4v) is 2.45. The number of carbonyl (C=O) groups is 1. The van der Waals surface area contributed by atoms with Crippen molar-refractivity contribution in [2.45, 2.75) is 32.7 Å². The minimum Gasteiger partial charge on any atom is -0.493 e. The van der Waals surface area contributed by atoms with Crippen LogP contribution in [-0.2, 0) is 11.2 Å². The number of rotatable bonds is 9. The van der Waals surface area contributed by atoms with Crippen molar-refractivity contribution in [3.63, 3.8) is 0 Å². The summed E-state index contributed by atoms with van der Waals surface area (Å²) < 4.78 is 5.67. The van der Waals surface area contributed by atoms with Crippen LogP contribution in [0.25, 0.3) is 0 Å². The number of halogens is 1. The van der Waals surface area contributed by atoms with Crippen molar-refractivity contribution in [2.75, 3.05) is 13.2 Å². The summed E-state index contributed by atoms with van der Waals surface area (Å²) in [7, 11) is 0. The Bertz CT molecular complexity index is 645. The highest BCUT2D eigenvalue weighted by molar-refractivity contribution is 5.85. The molecule has 1 atom stereocenters. The van der Waals surface area contributed by atoms with Gasteiger partial charge in [0, 0.05) is 19.0 Å². The van der Waals surface area contributed by atoms with Gasteiger partial charge in [-0.1, -0.05) is 56.3 Å². The van der Waals surface area contributed by atoms with Gasteiger partial charge < -0.3 is 15.8 Å². The van der Waals surface area contributed by atoms with Crippen molar-refractivity contribution in [3.05, 3.63) is 65.7 Å². The van der Waals surface area contributed by atoms with E-state index in [-0.39, 0.29) is 24.4 Å². The number of benzene rings is 2. The standard InChI is InChI=1S/C21H28N2O2.ClH/c1-16(2)15-25-19-10-8-17(9-11-19)12-13-23-21(24)14-20(22)18-6-4-3-5-7-18;/h3-11,16,20H,12-15,22H2,1-2H3,(H,23,24);1H. The van der Waals surface area contributed by atoms with Gasteiger partial charge in [-0.3, -0.25) is 4.79 Å². The normalized spacial score (nSPS) is 11.5. The van der Waals surface area contributed by atoms with Gasteiger partial charge in [-0.2, -0.15) is 0 Å². The van der Waals surface area contributed by atoms with Gasteiger partial charge in [0.1, 0.15) is 5.75 Å². The number of nitrogens with two attached hydrogens (primary N) is 1. The van der Waals surface area contributed by atoms with Gasteiger partial charge in [-0.25, -0.2) is 0 Å². The van der Waals surface area contributed by atoms with Crippen LogP contribution in [0.4, 0.5) is 0 Å². The summed E-state index contributed by atoms with van der Waals surface area (Å²) in [6.45, 7) is 5.57. The van der Waals surface area contributed by atoms with Gasteiger partial charge in [0.2, 0.25) is 5.91 Å². The van der Waals surface area contributed by atoms with Crippen LogP contribution in [0.5, 0.6) is 5.75 Å². The number of hydrogen-bond acceptors (Lipinski definition) is 3. The number of ether oxygens (including phenoxy) is 1. The Hall–Kier alpha value is -2.04. The Balaban J connectivity index is 0.00000338. The Morgan fingerprint density at radius 2 is 1.73 bits per heavy atom. The molecule has 26 heavy (non-hydrogen) atoms. The molecule has 0 aromatic heterocycles. The molecule has 142 valence electrons. The maximum atomic E-state index is 12.0. The molecule has 3 N–H and O–H groups in total. The zero-order chi connectivity index (χ0) is 18.1. The molecule has 0 aliphatic carbocycles. The van der Waals surface area contributed by atoms with E-state index in [2.05, 4.69) is 19.2 Å². The third-order valence-corrected chi connectivity index (χ3v) is 3.88. The zero-order valence-corrected chi connectivity index (χ0v) is 16.3. The fraction of sp³-hybridized carbons (Fsp3) is 0.381. The number of amides is 1. The summed E-state index contributed by atoms with van der Waals surface area (Å²) in [6, 6.07) is 17.5. The number of carbonyl (C=O) groups excluding carboxylic acids is 1. The zero-order valence-electron chi connectivity index (χ0n) is 15.5. The average Bonchev–Trinajstić information content (AvgIpc) is 2.61. The van der Waals surface area contributed by atoms with Crippen LogP contribution in [0.15, 0.2) is 54.6 Å². The maximum Gasteiger partial charge on any atom is 0.221 e. The lowest BCUT2D eigenvalue weighted by Crippen LogP contribution is -2.29. The Morgan fingerprint density at radius 3 is 2.35 bits per heavy atom. The van der Waals surface area contributed by atoms with Crippen LogP contribution < -0.4 is 15.8 Å². The quantitative estimate of drug-likeness (QED) is 0.697. The van der Waals surface area contributed by atoms with E-state index in [1.807, 2.05) is 54.6 Å². The molecule has 0 bridgehead atoms. The molecule has 0 radical (unpaired) electrons. The predicted molar refractivity (Wildman–Crippen MR) is 109 cm³/mol. The third kappa shape index (κ3) is 7.89. The molecule has 0 spiro atoms. The van der Waals surface area contributed by atoms with Gasteiger partial charge in [0.25, 0.3) is 0 Å². The fourth-order valence-electron chi connectivity index (χ4n) is 2.45. The van der Waals surface area contributed by atoms with Crippen LogP contribution in [-0.4, -0.2) is 19.1 Å². The molecule has 0 saturated heterocycles. The highest BCUT2D eigenvalue weighted by Crippen LogP contribution is 2.14. The summed E-state index contributed by atoms with van der Waals surface area (Å²) in [5.74, 6) is 1.38. The first-order valence-corrected chi connectivity index (χ1v) is 8.83. The Kier molecular flexibility index (Phi) is 9.78. The Labute approximate surface area is 162 Å². The lowest BCUT2D eigenvalue weighted by Gasteiger charge is -2.12. The van der Waals surface area contributed by atoms with Crippen LogP contribution in [0.2, 0.25) is 0 Å². The molecule has 0 aliphatic rings. The molecule has 5 heteroatoms. The van der Waals surface area contributed by atoms with Gasteiger partial charge >= 0.3 is 0 Å². The van der Waals surface area contributed by atoms with Gasteiger partial charge in [-0.05, 0) is 35.6 Å². The van der Waals surface area contributed by atoms with Crippen LogP contribution >= 0.6 is 12.4 Å². The summed E-state index contributed by atoms with van der Waals surface area (Å²) in [5, 5.41) is 2.94. The minimum absolute atomic E-state index is 0. The molecule has 2 rings (SSSR count). The van der Waals surface area contributed by atoms with Crippen molar-refractivity contribution in [1.29, 1.82) is 0 Å². The monoisotopic (exact) mass is 376 g/mol. The predicted octanol–water partition coefficient (Wildman–Crippen LogP) is 3.89. The van der Waals surface area contributed by atoms with E-state index >= 15 is 0 Å². The molecular weight excluding hydrogens is 348 g/mol. The molecule has 0 heterocycles. The lowest BCUT2D eigenvalue weighted by molar-refractivity contribution is -0.121.